The number of methoxy groups -OCH3 is 1. The lowest BCUT2D eigenvalue weighted by Gasteiger charge is -2.22. The third kappa shape index (κ3) is 4.82. The number of carboxylic acids is 1. The van der Waals surface area contributed by atoms with Gasteiger partial charge in [0.15, 0.2) is 0 Å². The number of ether oxygens (including phenoxy) is 1. The molecule has 0 fully saturated rings. The zero-order chi connectivity index (χ0) is 19.9. The van der Waals surface area contributed by atoms with Crippen molar-refractivity contribution < 1.29 is 19.4 Å². The van der Waals surface area contributed by atoms with E-state index in [9.17, 15) is 9.59 Å². The maximum atomic E-state index is 12.3. The van der Waals surface area contributed by atoms with Crippen LogP contribution in [0.2, 0.25) is 0 Å². The summed E-state index contributed by atoms with van der Waals surface area (Å²) in [6, 6.07) is 15.0. The number of carboxylic acid groups (broad SMARTS) is 1. The number of H-pyrrole nitrogens is 1. The average Bonchev–Trinajstić information content (AvgIpc) is 3.10. The van der Waals surface area contributed by atoms with Gasteiger partial charge in [-0.2, -0.15) is 0 Å². The summed E-state index contributed by atoms with van der Waals surface area (Å²) < 4.78 is 5.11. The van der Waals surface area contributed by atoms with E-state index in [4.69, 9.17) is 9.84 Å². The summed E-state index contributed by atoms with van der Waals surface area (Å²) in [5, 5.41) is 13.2. The number of aromatic nitrogens is 1. The zero-order valence-corrected chi connectivity index (χ0v) is 15.6. The van der Waals surface area contributed by atoms with Crippen molar-refractivity contribution in [1.82, 2.24) is 10.3 Å². The van der Waals surface area contributed by atoms with Crippen molar-refractivity contribution in [3.63, 3.8) is 0 Å². The molecule has 1 aromatic heterocycles. The minimum absolute atomic E-state index is 0.0352. The van der Waals surface area contributed by atoms with Crippen LogP contribution in [-0.4, -0.2) is 48.7 Å². The molecule has 7 heteroatoms. The van der Waals surface area contributed by atoms with Crippen LogP contribution in [-0.2, 0) is 16.0 Å². The Bertz CT molecular complexity index is 950. The molecule has 0 radical (unpaired) electrons. The van der Waals surface area contributed by atoms with Gasteiger partial charge in [0.1, 0.15) is 12.3 Å². The number of hydrogen-bond donors (Lipinski definition) is 3. The van der Waals surface area contributed by atoms with E-state index in [0.29, 0.717) is 24.4 Å². The van der Waals surface area contributed by atoms with E-state index in [-0.39, 0.29) is 19.0 Å². The van der Waals surface area contributed by atoms with Crippen LogP contribution < -0.4 is 15.0 Å². The summed E-state index contributed by atoms with van der Waals surface area (Å²) in [6.07, 6.45) is 2.64. The third-order valence-electron chi connectivity index (χ3n) is 4.49. The van der Waals surface area contributed by atoms with Gasteiger partial charge < -0.3 is 25.0 Å². The first-order valence-electron chi connectivity index (χ1n) is 8.99. The number of amides is 1. The number of nitrogens with one attached hydrogen (secondary N) is 2. The van der Waals surface area contributed by atoms with Crippen LogP contribution in [0.15, 0.2) is 54.7 Å². The van der Waals surface area contributed by atoms with Crippen molar-refractivity contribution in [2.75, 3.05) is 31.6 Å². The molecule has 146 valence electrons. The fourth-order valence-electron chi connectivity index (χ4n) is 3.10. The first-order chi connectivity index (χ1) is 13.6. The number of para-hydroxylation sites is 1. The summed E-state index contributed by atoms with van der Waals surface area (Å²) in [4.78, 5) is 28.3. The number of rotatable bonds is 9. The van der Waals surface area contributed by atoms with Crippen molar-refractivity contribution in [3.8, 4) is 5.75 Å². The summed E-state index contributed by atoms with van der Waals surface area (Å²) in [6.45, 7) is 0.179. The Morgan fingerprint density at radius 2 is 1.86 bits per heavy atom. The molecule has 1 amide bonds. The summed E-state index contributed by atoms with van der Waals surface area (Å²) in [5.41, 5.74) is 2.85. The van der Waals surface area contributed by atoms with E-state index < -0.39 is 5.97 Å². The van der Waals surface area contributed by atoms with Crippen LogP contribution in [0.1, 0.15) is 5.56 Å². The molecule has 3 aromatic rings. The second-order valence-corrected chi connectivity index (χ2v) is 6.41. The van der Waals surface area contributed by atoms with Crippen molar-refractivity contribution in [2.24, 2.45) is 0 Å². The van der Waals surface area contributed by atoms with Crippen LogP contribution in [0.4, 0.5) is 5.69 Å². The van der Waals surface area contributed by atoms with Crippen molar-refractivity contribution in [2.45, 2.75) is 6.42 Å². The first kappa shape index (κ1) is 19.3. The predicted octanol–water partition coefficient (Wildman–Crippen LogP) is 2.43. The number of fused-ring (bicyclic) bond motifs is 1. The minimum atomic E-state index is -0.998. The third-order valence-corrected chi connectivity index (χ3v) is 4.49. The van der Waals surface area contributed by atoms with E-state index in [0.717, 1.165) is 16.5 Å². The molecule has 0 unspecified atom stereocenters. The van der Waals surface area contributed by atoms with Gasteiger partial charge in [-0.1, -0.05) is 18.2 Å². The molecule has 0 aliphatic carbocycles. The molecule has 0 bridgehead atoms. The Kier molecular flexibility index (Phi) is 6.16. The standard InChI is InChI=1S/C21H23N3O4/c1-28-17-8-6-16(7-9-17)24(14-21(26)27)13-20(25)22-11-10-15-12-23-19-5-3-2-4-18(15)19/h2-9,12,23H,10-11,13-14H2,1H3,(H,22,25)(H,26,27). The second-order valence-electron chi connectivity index (χ2n) is 6.41. The van der Waals surface area contributed by atoms with Crippen LogP contribution in [0.5, 0.6) is 5.75 Å². The number of nitrogens with zero attached hydrogens (tertiary/aromatic N) is 1. The first-order valence-corrected chi connectivity index (χ1v) is 8.99. The summed E-state index contributed by atoms with van der Waals surface area (Å²) in [7, 11) is 1.56. The molecule has 0 saturated carbocycles. The van der Waals surface area contributed by atoms with Gasteiger partial charge in [0.25, 0.3) is 0 Å². The highest BCUT2D eigenvalue weighted by Crippen LogP contribution is 2.19. The van der Waals surface area contributed by atoms with Crippen LogP contribution in [0.25, 0.3) is 10.9 Å². The fourth-order valence-corrected chi connectivity index (χ4v) is 3.10. The second kappa shape index (κ2) is 8.94. The number of carbonyl (C=O) groups is 2. The van der Waals surface area contributed by atoms with Crippen LogP contribution in [0, 0.1) is 0 Å². The Morgan fingerprint density at radius 1 is 1.11 bits per heavy atom. The van der Waals surface area contributed by atoms with E-state index in [1.54, 1.807) is 31.4 Å². The van der Waals surface area contributed by atoms with E-state index in [2.05, 4.69) is 10.3 Å². The fraction of sp³-hybridized carbons (Fsp3) is 0.238. The molecule has 28 heavy (non-hydrogen) atoms. The Balaban J connectivity index is 1.57. The SMILES string of the molecule is COc1ccc(N(CC(=O)O)CC(=O)NCCc2c[nH]c3ccccc23)cc1. The average molecular weight is 381 g/mol. The normalized spacial score (nSPS) is 10.6. The lowest BCUT2D eigenvalue weighted by atomic mass is 10.1. The number of carbonyl (C=O) groups excluding carboxylic acids is 1. The van der Waals surface area contributed by atoms with Crippen molar-refractivity contribution >= 4 is 28.5 Å². The summed E-state index contributed by atoms with van der Waals surface area (Å²) >= 11 is 0. The van der Waals surface area contributed by atoms with E-state index >= 15 is 0 Å². The lowest BCUT2D eigenvalue weighted by Crippen LogP contribution is -2.40. The lowest BCUT2D eigenvalue weighted by molar-refractivity contribution is -0.135. The molecule has 3 rings (SSSR count). The van der Waals surface area contributed by atoms with Crippen molar-refractivity contribution in [1.29, 1.82) is 0 Å². The van der Waals surface area contributed by atoms with Gasteiger partial charge in [-0.3, -0.25) is 9.59 Å². The molecule has 0 aliphatic heterocycles. The highest BCUT2D eigenvalue weighted by Gasteiger charge is 2.15. The minimum Gasteiger partial charge on any atom is -0.497 e. The highest BCUT2D eigenvalue weighted by molar-refractivity contribution is 5.85. The predicted molar refractivity (Wildman–Crippen MR) is 108 cm³/mol. The smallest absolute Gasteiger partial charge is 0.323 e. The van der Waals surface area contributed by atoms with E-state index in [1.165, 1.54) is 4.90 Å². The molecule has 2 aromatic carbocycles. The zero-order valence-electron chi connectivity index (χ0n) is 15.6. The van der Waals surface area contributed by atoms with Crippen LogP contribution >= 0.6 is 0 Å². The van der Waals surface area contributed by atoms with Gasteiger partial charge in [0.05, 0.1) is 13.7 Å². The van der Waals surface area contributed by atoms with Crippen LogP contribution in [0.3, 0.4) is 0 Å². The van der Waals surface area contributed by atoms with Gasteiger partial charge in [0.2, 0.25) is 5.91 Å². The molecule has 0 spiro atoms. The quantitative estimate of drug-likeness (QED) is 0.529. The molecular formula is C21H23N3O4. The maximum absolute atomic E-state index is 12.3. The van der Waals surface area contributed by atoms with E-state index in [1.807, 2.05) is 30.5 Å². The molecular weight excluding hydrogens is 358 g/mol. The largest absolute Gasteiger partial charge is 0.497 e. The number of benzene rings is 2. The number of aliphatic carboxylic acids is 1. The van der Waals surface area contributed by atoms with Crippen molar-refractivity contribution in [3.05, 3.63) is 60.3 Å². The Hall–Kier alpha value is -3.48. The van der Waals surface area contributed by atoms with Gasteiger partial charge in [-0.15, -0.1) is 0 Å². The monoisotopic (exact) mass is 381 g/mol. The number of aromatic amines is 1. The highest BCUT2D eigenvalue weighted by atomic mass is 16.5. The molecule has 0 saturated heterocycles. The molecule has 1 heterocycles. The Morgan fingerprint density at radius 3 is 2.57 bits per heavy atom. The van der Waals surface area contributed by atoms with Gasteiger partial charge in [0, 0.05) is 29.3 Å². The van der Waals surface area contributed by atoms with Gasteiger partial charge in [-0.25, -0.2) is 0 Å². The van der Waals surface area contributed by atoms with Gasteiger partial charge in [-0.05, 0) is 42.3 Å². The topological polar surface area (TPSA) is 94.7 Å². The maximum Gasteiger partial charge on any atom is 0.323 e. The Labute approximate surface area is 162 Å². The molecule has 7 nitrogen and oxygen atoms in total. The number of hydrogen-bond acceptors (Lipinski definition) is 4. The molecule has 0 aliphatic rings. The van der Waals surface area contributed by atoms with Gasteiger partial charge >= 0.3 is 5.97 Å². The molecule has 3 N–H and O–H groups in total. The summed E-state index contributed by atoms with van der Waals surface area (Å²) in [5.74, 6) is -0.554. The molecule has 0 atom stereocenters. The number of anilines is 1.